The first-order valence-corrected chi connectivity index (χ1v) is 24.0. The number of carbonyl (C=O) groups is 1. The minimum absolute atomic E-state index is 0.00236. The lowest BCUT2D eigenvalue weighted by Gasteiger charge is -2.36. The van der Waals surface area contributed by atoms with Gasteiger partial charge in [0.1, 0.15) is 18.3 Å². The van der Waals surface area contributed by atoms with E-state index < -0.39 is 109 Å². The molecule has 7 N–H and O–H groups in total. The fraction of sp³-hybridized carbons (Fsp3) is 0.962. The molecule has 0 spiro atoms. The van der Waals surface area contributed by atoms with Crippen molar-refractivity contribution in [2.24, 2.45) is 5.73 Å². The van der Waals surface area contributed by atoms with Crippen LogP contribution < -0.4 is 5.73 Å². The number of amides is 1. The van der Waals surface area contributed by atoms with Crippen LogP contribution in [0, 0.1) is 0 Å². The molecule has 0 saturated carbocycles. The summed E-state index contributed by atoms with van der Waals surface area (Å²) in [6.07, 6.45) is -5.15. The van der Waals surface area contributed by atoms with Crippen molar-refractivity contribution in [3.05, 3.63) is 0 Å². The number of hydrogen-bond donors (Lipinski definition) is 6. The van der Waals surface area contributed by atoms with Gasteiger partial charge in [-0.15, -0.1) is 0 Å². The Kier molecular flexibility index (Phi) is 29.1. The summed E-state index contributed by atoms with van der Waals surface area (Å²) in [5, 5.41) is 0. The summed E-state index contributed by atoms with van der Waals surface area (Å²) in [6.45, 7) is -3.51. The van der Waals surface area contributed by atoms with Gasteiger partial charge in [-0.25, -0.2) is 20.9 Å². The first-order valence-electron chi connectivity index (χ1n) is 17.2. The van der Waals surface area contributed by atoms with Crippen molar-refractivity contribution in [1.82, 2.24) is 0 Å². The van der Waals surface area contributed by atoms with Crippen molar-refractivity contribution in [1.29, 1.82) is 0 Å². The van der Waals surface area contributed by atoms with Gasteiger partial charge in [-0.1, -0.05) is 0 Å². The normalized spacial score (nSPS) is 15.3. The van der Waals surface area contributed by atoms with E-state index in [2.05, 4.69) is 20.9 Å². The lowest BCUT2D eigenvalue weighted by atomic mass is 10.0. The van der Waals surface area contributed by atoms with Crippen LogP contribution in [0.3, 0.4) is 0 Å². The Balaban J connectivity index is 6.45. The minimum atomic E-state index is -4.75. The maximum atomic E-state index is 12.9. The molecule has 58 heavy (non-hydrogen) atoms. The Labute approximate surface area is 338 Å². The van der Waals surface area contributed by atoms with E-state index in [1.165, 1.54) is 0 Å². The number of rotatable bonds is 40. The summed E-state index contributed by atoms with van der Waals surface area (Å²) in [6, 6.07) is 0. The van der Waals surface area contributed by atoms with Gasteiger partial charge < -0.3 is 29.4 Å². The van der Waals surface area contributed by atoms with Gasteiger partial charge in [-0.05, 0) is 64.2 Å². The van der Waals surface area contributed by atoms with Gasteiger partial charge in [0.25, 0.3) is 0 Å². The van der Waals surface area contributed by atoms with Crippen molar-refractivity contribution in [2.75, 3.05) is 72.7 Å². The largest absolute Gasteiger partial charge is 0.397 e. The van der Waals surface area contributed by atoms with Crippen molar-refractivity contribution < 1.29 is 114 Å². The molecule has 0 rings (SSSR count). The van der Waals surface area contributed by atoms with Crippen molar-refractivity contribution in [3.8, 4) is 0 Å². The molecule has 0 saturated heterocycles. The smallest absolute Gasteiger partial charge is 0.379 e. The molecule has 0 radical (unpaired) electrons. The van der Waals surface area contributed by atoms with Crippen LogP contribution in [0.15, 0.2) is 0 Å². The van der Waals surface area contributed by atoms with Crippen LogP contribution in [0.4, 0.5) is 0 Å². The second-order valence-corrected chi connectivity index (χ2v) is 17.1. The average molecular weight is 956 g/mol. The molecule has 0 bridgehead atoms. The van der Waals surface area contributed by atoms with Crippen LogP contribution in [0.5, 0.6) is 0 Å². The topological polar surface area (TPSA) is 407 Å². The van der Waals surface area contributed by atoms with E-state index >= 15 is 0 Å². The lowest BCUT2D eigenvalue weighted by Crippen LogP contribution is -2.55. The summed E-state index contributed by atoms with van der Waals surface area (Å²) in [7, 11) is -23.6. The first-order chi connectivity index (χ1) is 26.8. The molecule has 0 unspecified atom stereocenters. The number of ether oxygens (including phenoxy) is 5. The van der Waals surface area contributed by atoms with Gasteiger partial charge in [0.2, 0.25) is 5.91 Å². The average Bonchev–Trinajstić information content (AvgIpc) is 3.06. The van der Waals surface area contributed by atoms with E-state index in [0.29, 0.717) is 0 Å². The molecule has 0 aliphatic rings. The number of unbranched alkanes of at least 4 members (excludes halogenated alkanes) is 5. The van der Waals surface area contributed by atoms with Crippen LogP contribution in [0.2, 0.25) is 0 Å². The van der Waals surface area contributed by atoms with Gasteiger partial charge in [0, 0.05) is 33.0 Å². The SMILES string of the molecule is NC(=O)[C@H](OCCCCOS(=O)(=O)O)[C@@H](OCCCCOS(=O)(=O)O)[C@H](OCCCCOS(=O)(=O)O)[C@@H](COCCCCOS(=O)(=O)O)OCCCCOS(=O)(=O)O. The Morgan fingerprint density at radius 2 is 0.672 bits per heavy atom. The van der Waals surface area contributed by atoms with Gasteiger partial charge in [0.05, 0.1) is 39.6 Å². The summed E-state index contributed by atoms with van der Waals surface area (Å²) < 4.78 is 204. The molecule has 0 aliphatic carbocycles. The van der Waals surface area contributed by atoms with Crippen LogP contribution >= 0.6 is 0 Å². The maximum absolute atomic E-state index is 12.9. The maximum Gasteiger partial charge on any atom is 0.397 e. The third-order valence-corrected chi connectivity index (χ3v) is 9.12. The summed E-state index contributed by atoms with van der Waals surface area (Å²) in [5.41, 5.74) is 5.72. The molecule has 27 nitrogen and oxygen atoms in total. The van der Waals surface area contributed by atoms with Crippen LogP contribution in [-0.4, -0.2) is 168 Å². The van der Waals surface area contributed by atoms with E-state index in [1.807, 2.05) is 0 Å². The van der Waals surface area contributed by atoms with Crippen LogP contribution in [0.1, 0.15) is 64.2 Å². The van der Waals surface area contributed by atoms with Gasteiger partial charge in [-0.3, -0.25) is 27.6 Å². The van der Waals surface area contributed by atoms with E-state index in [9.17, 15) is 46.9 Å². The Bertz CT molecular complexity index is 1670. The predicted octanol–water partition coefficient (Wildman–Crippen LogP) is -0.973. The molecule has 348 valence electrons. The van der Waals surface area contributed by atoms with Crippen molar-refractivity contribution >= 4 is 57.9 Å². The van der Waals surface area contributed by atoms with Gasteiger partial charge >= 0.3 is 52.0 Å². The highest BCUT2D eigenvalue weighted by atomic mass is 32.3. The highest BCUT2D eigenvalue weighted by Crippen LogP contribution is 2.21. The van der Waals surface area contributed by atoms with E-state index in [4.69, 9.17) is 52.2 Å². The van der Waals surface area contributed by atoms with Crippen LogP contribution in [0.25, 0.3) is 0 Å². The fourth-order valence-corrected chi connectivity index (χ4v) is 6.01. The third kappa shape index (κ3) is 36.5. The van der Waals surface area contributed by atoms with Gasteiger partial charge in [0.15, 0.2) is 6.10 Å². The van der Waals surface area contributed by atoms with Crippen molar-refractivity contribution in [3.63, 3.8) is 0 Å². The van der Waals surface area contributed by atoms with Crippen LogP contribution in [-0.2, 0) is 101 Å². The highest BCUT2D eigenvalue weighted by molar-refractivity contribution is 7.81. The predicted molar refractivity (Wildman–Crippen MR) is 193 cm³/mol. The fourth-order valence-electron chi connectivity index (χ4n) is 4.37. The van der Waals surface area contributed by atoms with E-state index in [0.717, 1.165) is 0 Å². The quantitative estimate of drug-likeness (QED) is 0.0318. The molecule has 0 aromatic carbocycles. The summed E-state index contributed by atoms with van der Waals surface area (Å²) in [4.78, 5) is 12.9. The molecule has 0 aromatic heterocycles. The Morgan fingerprint density at radius 3 is 1.00 bits per heavy atom. The van der Waals surface area contributed by atoms with Gasteiger partial charge in [-0.2, -0.15) is 42.1 Å². The number of hydrogen-bond acceptors (Lipinski definition) is 21. The first kappa shape index (κ1) is 56.6. The number of nitrogens with two attached hydrogens (primary N) is 1. The molecular weight excluding hydrogens is 903 g/mol. The van der Waals surface area contributed by atoms with Crippen molar-refractivity contribution in [2.45, 2.75) is 88.6 Å². The minimum Gasteiger partial charge on any atom is -0.379 e. The van der Waals surface area contributed by atoms with E-state index in [-0.39, 0.29) is 110 Å². The molecule has 0 aromatic rings. The third-order valence-electron chi connectivity index (χ3n) is 6.80. The zero-order valence-corrected chi connectivity index (χ0v) is 35.2. The molecule has 0 fully saturated rings. The Hall–Kier alpha value is -1.38. The molecular formula is C26H53NO26S5. The highest BCUT2D eigenvalue weighted by Gasteiger charge is 2.41. The second-order valence-electron chi connectivity index (χ2n) is 11.6. The monoisotopic (exact) mass is 955 g/mol. The van der Waals surface area contributed by atoms with E-state index in [1.54, 1.807) is 0 Å². The molecule has 4 atom stereocenters. The standard InChI is InChI=1S/C26H53NO26S5/c27-26(28)25(48-15-5-10-20-53-58(41,42)43)24(47-14-4-9-19-52-57(38,39)40)23(46-13-3-8-18-51-56(35,36)37)22(45-12-2-7-17-50-55(32,33)34)21-44-11-1-6-16-49-54(29,30)31/h22-25H,1-21H2,(H2,27,28)(H,29,30,31)(H,32,33,34)(H,35,36,37)(H,38,39,40)(H,41,42,43)/t22-,23-,24+,25-/m1/s1. The molecule has 0 aliphatic heterocycles. The molecule has 32 heteroatoms. The summed E-state index contributed by atoms with van der Waals surface area (Å²) in [5.74, 6) is -1.11. The lowest BCUT2D eigenvalue weighted by molar-refractivity contribution is -0.191. The second kappa shape index (κ2) is 29.8. The number of primary amides is 1. The zero-order chi connectivity index (χ0) is 44.3. The molecule has 1 amide bonds. The Morgan fingerprint density at radius 1 is 0.397 bits per heavy atom. The number of carbonyl (C=O) groups excluding carboxylic acids is 1. The summed E-state index contributed by atoms with van der Waals surface area (Å²) >= 11 is 0. The molecule has 0 heterocycles. The zero-order valence-electron chi connectivity index (χ0n) is 31.1.